The summed E-state index contributed by atoms with van der Waals surface area (Å²) in [5.41, 5.74) is 4.79. The lowest BCUT2D eigenvalue weighted by Gasteiger charge is -2.15. The molecular formula is C13H13N3. The minimum absolute atomic E-state index is 0.0297. The first kappa shape index (κ1) is 10.6. The van der Waals surface area contributed by atoms with Crippen molar-refractivity contribution in [1.82, 2.24) is 10.4 Å². The Bertz CT molecular complexity index is 523. The summed E-state index contributed by atoms with van der Waals surface area (Å²) in [4.78, 5) is 4.30. The van der Waals surface area contributed by atoms with Crippen LogP contribution in [0.25, 0.3) is 10.9 Å². The Hall–Kier alpha value is -1.89. The van der Waals surface area contributed by atoms with Crippen molar-refractivity contribution in [2.75, 3.05) is 0 Å². The number of rotatable bonds is 3. The molecule has 1 aromatic carbocycles. The van der Waals surface area contributed by atoms with E-state index in [0.717, 1.165) is 16.5 Å². The molecule has 0 bridgehead atoms. The summed E-state index contributed by atoms with van der Waals surface area (Å²) in [6.45, 7) is 0. The smallest absolute Gasteiger partial charge is 0.0705 e. The predicted octanol–water partition coefficient (Wildman–Crippen LogP) is 1.76. The molecule has 3 N–H and O–H groups in total. The first-order valence-electron chi connectivity index (χ1n) is 5.10. The van der Waals surface area contributed by atoms with Crippen LogP contribution in [0.2, 0.25) is 0 Å². The van der Waals surface area contributed by atoms with Gasteiger partial charge in [0.1, 0.15) is 0 Å². The van der Waals surface area contributed by atoms with Crippen LogP contribution in [0.15, 0.2) is 36.5 Å². The lowest BCUT2D eigenvalue weighted by molar-refractivity contribution is 0.572. The van der Waals surface area contributed by atoms with Gasteiger partial charge in [-0.1, -0.05) is 18.2 Å². The second-order valence-electron chi connectivity index (χ2n) is 3.54. The largest absolute Gasteiger partial charge is 0.271 e. The molecular weight excluding hydrogens is 198 g/mol. The van der Waals surface area contributed by atoms with E-state index >= 15 is 0 Å². The van der Waals surface area contributed by atoms with Gasteiger partial charge in [0.25, 0.3) is 0 Å². The molecule has 0 saturated heterocycles. The van der Waals surface area contributed by atoms with Gasteiger partial charge in [-0.25, -0.2) is 0 Å². The molecule has 1 aromatic heterocycles. The first-order chi connectivity index (χ1) is 7.86. The quantitative estimate of drug-likeness (QED) is 0.462. The summed E-state index contributed by atoms with van der Waals surface area (Å²) in [5, 5.41) is 1.09. The molecule has 1 unspecified atom stereocenters. The summed E-state index contributed by atoms with van der Waals surface area (Å²) < 4.78 is 0. The van der Waals surface area contributed by atoms with E-state index in [-0.39, 0.29) is 6.04 Å². The van der Waals surface area contributed by atoms with Gasteiger partial charge in [0.2, 0.25) is 0 Å². The fourth-order valence-electron chi connectivity index (χ4n) is 1.81. The topological polar surface area (TPSA) is 50.9 Å². The monoisotopic (exact) mass is 211 g/mol. The zero-order valence-electron chi connectivity index (χ0n) is 8.85. The van der Waals surface area contributed by atoms with E-state index in [1.165, 1.54) is 0 Å². The first-order valence-corrected chi connectivity index (χ1v) is 5.10. The van der Waals surface area contributed by atoms with Crippen LogP contribution in [0, 0.1) is 12.3 Å². The van der Waals surface area contributed by atoms with Gasteiger partial charge in [-0.3, -0.25) is 16.3 Å². The third kappa shape index (κ3) is 1.89. The molecule has 1 atom stereocenters. The van der Waals surface area contributed by atoms with Gasteiger partial charge >= 0.3 is 0 Å². The number of hydrazine groups is 1. The van der Waals surface area contributed by atoms with Gasteiger partial charge in [-0.15, -0.1) is 12.3 Å². The normalized spacial score (nSPS) is 12.2. The van der Waals surface area contributed by atoms with Crippen molar-refractivity contribution in [3.63, 3.8) is 0 Å². The number of nitrogens with two attached hydrogens (primary N) is 1. The molecule has 0 radical (unpaired) electrons. The number of hydrogen-bond acceptors (Lipinski definition) is 3. The van der Waals surface area contributed by atoms with Crippen molar-refractivity contribution < 1.29 is 0 Å². The van der Waals surface area contributed by atoms with Crippen LogP contribution >= 0.6 is 0 Å². The van der Waals surface area contributed by atoms with Crippen LogP contribution in [0.1, 0.15) is 18.0 Å². The molecule has 0 amide bonds. The lowest BCUT2D eigenvalue weighted by Crippen LogP contribution is -2.27. The number of benzene rings is 1. The Morgan fingerprint density at radius 3 is 3.00 bits per heavy atom. The third-order valence-corrected chi connectivity index (χ3v) is 2.58. The Balaban J connectivity index is 2.55. The number of fused-ring (bicyclic) bond motifs is 1. The maximum atomic E-state index is 5.52. The SMILES string of the molecule is C#CCC(NN)c1cccc2ncccc12. The molecule has 80 valence electrons. The molecule has 0 aliphatic carbocycles. The Labute approximate surface area is 94.7 Å². The molecule has 0 spiro atoms. The van der Waals surface area contributed by atoms with Gasteiger partial charge in [0, 0.05) is 18.0 Å². The maximum Gasteiger partial charge on any atom is 0.0705 e. The summed E-state index contributed by atoms with van der Waals surface area (Å²) in [6.07, 6.45) is 7.66. The van der Waals surface area contributed by atoms with E-state index in [1.54, 1.807) is 6.20 Å². The summed E-state index contributed by atoms with van der Waals surface area (Å²) >= 11 is 0. The highest BCUT2D eigenvalue weighted by Crippen LogP contribution is 2.24. The molecule has 0 saturated carbocycles. The van der Waals surface area contributed by atoms with Gasteiger partial charge in [0.15, 0.2) is 0 Å². The number of hydrogen-bond donors (Lipinski definition) is 2. The van der Waals surface area contributed by atoms with Crippen LogP contribution in [0.5, 0.6) is 0 Å². The highest BCUT2D eigenvalue weighted by Gasteiger charge is 2.11. The Kier molecular flexibility index (Phi) is 3.16. The molecule has 2 rings (SSSR count). The Morgan fingerprint density at radius 2 is 2.25 bits per heavy atom. The number of terminal acetylenes is 1. The van der Waals surface area contributed by atoms with Crippen LogP contribution in [-0.4, -0.2) is 4.98 Å². The van der Waals surface area contributed by atoms with Gasteiger partial charge in [0.05, 0.1) is 11.6 Å². The van der Waals surface area contributed by atoms with Gasteiger partial charge < -0.3 is 0 Å². The van der Waals surface area contributed by atoms with Crippen molar-refractivity contribution >= 4 is 10.9 Å². The van der Waals surface area contributed by atoms with Crippen molar-refractivity contribution in [2.24, 2.45) is 5.84 Å². The Morgan fingerprint density at radius 1 is 1.38 bits per heavy atom. The van der Waals surface area contributed by atoms with Crippen molar-refractivity contribution in [2.45, 2.75) is 12.5 Å². The molecule has 0 aliphatic heterocycles. The molecule has 16 heavy (non-hydrogen) atoms. The molecule has 3 nitrogen and oxygen atoms in total. The van der Waals surface area contributed by atoms with E-state index in [4.69, 9.17) is 12.3 Å². The molecule has 1 heterocycles. The van der Waals surface area contributed by atoms with Crippen LogP contribution in [-0.2, 0) is 0 Å². The summed E-state index contributed by atoms with van der Waals surface area (Å²) in [7, 11) is 0. The van der Waals surface area contributed by atoms with Crippen LogP contribution in [0.4, 0.5) is 0 Å². The highest BCUT2D eigenvalue weighted by atomic mass is 15.2. The second-order valence-corrected chi connectivity index (χ2v) is 3.54. The highest BCUT2D eigenvalue weighted by molar-refractivity contribution is 5.82. The number of pyridine rings is 1. The third-order valence-electron chi connectivity index (χ3n) is 2.58. The molecule has 0 fully saturated rings. The van der Waals surface area contributed by atoms with E-state index in [1.807, 2.05) is 30.3 Å². The predicted molar refractivity (Wildman–Crippen MR) is 65.3 cm³/mol. The van der Waals surface area contributed by atoms with Gasteiger partial charge in [-0.2, -0.15) is 0 Å². The number of nitrogens with one attached hydrogen (secondary N) is 1. The zero-order valence-corrected chi connectivity index (χ0v) is 8.85. The summed E-state index contributed by atoms with van der Waals surface area (Å²) in [6, 6.07) is 9.87. The van der Waals surface area contributed by atoms with Crippen molar-refractivity contribution in [3.05, 3.63) is 42.1 Å². The lowest BCUT2D eigenvalue weighted by atomic mass is 10.00. The van der Waals surface area contributed by atoms with Crippen molar-refractivity contribution in [1.29, 1.82) is 0 Å². The maximum absolute atomic E-state index is 5.52. The number of nitrogens with zero attached hydrogens (tertiary/aromatic N) is 1. The fraction of sp³-hybridized carbons (Fsp3) is 0.154. The minimum Gasteiger partial charge on any atom is -0.271 e. The van der Waals surface area contributed by atoms with Crippen molar-refractivity contribution in [3.8, 4) is 12.3 Å². The van der Waals surface area contributed by atoms with Crippen LogP contribution in [0.3, 0.4) is 0 Å². The standard InChI is InChI=1S/C13H13N3/c1-2-5-13(16-14)11-6-3-8-12-10(11)7-4-9-15-12/h1,3-4,6-9,13,16H,5,14H2. The zero-order chi connectivity index (χ0) is 11.4. The van der Waals surface area contributed by atoms with E-state index in [0.29, 0.717) is 6.42 Å². The second kappa shape index (κ2) is 4.75. The van der Waals surface area contributed by atoms with E-state index in [2.05, 4.69) is 16.3 Å². The molecule has 2 aromatic rings. The average Bonchev–Trinajstić information content (AvgIpc) is 2.35. The van der Waals surface area contributed by atoms with E-state index < -0.39 is 0 Å². The number of aromatic nitrogens is 1. The molecule has 0 aliphatic rings. The van der Waals surface area contributed by atoms with E-state index in [9.17, 15) is 0 Å². The fourth-order valence-corrected chi connectivity index (χ4v) is 1.81. The molecule has 3 heteroatoms. The minimum atomic E-state index is -0.0297. The van der Waals surface area contributed by atoms with Gasteiger partial charge in [-0.05, 0) is 17.7 Å². The average molecular weight is 211 g/mol. The summed E-state index contributed by atoms with van der Waals surface area (Å²) in [5.74, 6) is 8.13. The van der Waals surface area contributed by atoms with Crippen LogP contribution < -0.4 is 11.3 Å².